The summed E-state index contributed by atoms with van der Waals surface area (Å²) >= 11 is 0. The van der Waals surface area contributed by atoms with E-state index in [-0.39, 0.29) is 12.6 Å². The number of carbonyl (C=O) groups excluding carboxylic acids is 1. The lowest BCUT2D eigenvalue weighted by atomic mass is 10.0. The second kappa shape index (κ2) is 8.26. The third-order valence-electron chi connectivity index (χ3n) is 4.46. The molecule has 2 heterocycles. The molecule has 0 fully saturated rings. The number of hydrogen-bond donors (Lipinski definition) is 2. The van der Waals surface area contributed by atoms with Crippen molar-refractivity contribution >= 4 is 16.8 Å². The molecule has 2 aromatic carbocycles. The van der Waals surface area contributed by atoms with Crippen LogP contribution in [0.5, 0.6) is 0 Å². The van der Waals surface area contributed by atoms with E-state index in [1.807, 2.05) is 36.4 Å². The fourth-order valence-corrected chi connectivity index (χ4v) is 3.10. The summed E-state index contributed by atoms with van der Waals surface area (Å²) in [5.41, 5.74) is 3.43. The summed E-state index contributed by atoms with van der Waals surface area (Å²) in [5.74, 6) is 0. The van der Waals surface area contributed by atoms with Gasteiger partial charge >= 0.3 is 6.03 Å². The van der Waals surface area contributed by atoms with E-state index in [9.17, 15) is 4.79 Å². The van der Waals surface area contributed by atoms with Crippen LogP contribution in [-0.4, -0.2) is 21.0 Å². The number of hydrogen-bond acceptors (Lipinski definition) is 4. The van der Waals surface area contributed by atoms with Gasteiger partial charge in [-0.05, 0) is 28.5 Å². The highest BCUT2D eigenvalue weighted by molar-refractivity contribution is 5.86. The Hall–Kier alpha value is -3.80. The van der Waals surface area contributed by atoms with Crippen molar-refractivity contribution in [1.29, 1.82) is 0 Å². The molecule has 0 spiro atoms. The van der Waals surface area contributed by atoms with Gasteiger partial charge in [-0.1, -0.05) is 42.5 Å². The molecule has 0 atom stereocenters. The molecule has 2 amide bonds. The van der Waals surface area contributed by atoms with Crippen LogP contribution in [0.2, 0.25) is 0 Å². The minimum atomic E-state index is -0.251. The number of nitrogens with zero attached hydrogens (tertiary/aromatic N) is 3. The van der Waals surface area contributed by atoms with Gasteiger partial charge in [0.25, 0.3) is 0 Å². The molecule has 0 bridgehead atoms. The zero-order chi connectivity index (χ0) is 19.2. The maximum absolute atomic E-state index is 12.3. The van der Waals surface area contributed by atoms with Gasteiger partial charge in [-0.3, -0.25) is 15.0 Å². The second-order valence-corrected chi connectivity index (χ2v) is 6.26. The second-order valence-electron chi connectivity index (χ2n) is 6.26. The minimum absolute atomic E-state index is 0.251. The van der Waals surface area contributed by atoms with Crippen LogP contribution in [0.15, 0.2) is 79.4 Å². The maximum atomic E-state index is 12.3. The molecule has 4 rings (SSSR count). The minimum Gasteiger partial charge on any atom is -0.334 e. The van der Waals surface area contributed by atoms with Crippen molar-refractivity contribution in [3.8, 4) is 11.3 Å². The van der Waals surface area contributed by atoms with Gasteiger partial charge in [0.1, 0.15) is 0 Å². The molecule has 6 nitrogen and oxygen atoms in total. The largest absolute Gasteiger partial charge is 0.334 e. The molecule has 4 aromatic rings. The first-order chi connectivity index (χ1) is 13.8. The predicted molar refractivity (Wildman–Crippen MR) is 108 cm³/mol. The molecule has 0 radical (unpaired) electrons. The van der Waals surface area contributed by atoms with Crippen molar-refractivity contribution in [2.24, 2.45) is 0 Å². The SMILES string of the molecule is O=C(NCc1nccnc1-c1ccncc1)NCc1cccc2ccccc12. The Kier molecular flexibility index (Phi) is 5.20. The van der Waals surface area contributed by atoms with E-state index in [1.54, 1.807) is 24.8 Å². The predicted octanol–water partition coefficient (Wildman–Crippen LogP) is 3.69. The van der Waals surface area contributed by atoms with Crippen LogP contribution in [0, 0.1) is 0 Å². The fraction of sp³-hybridized carbons (Fsp3) is 0.0909. The lowest BCUT2D eigenvalue weighted by molar-refractivity contribution is 0.240. The molecule has 6 heteroatoms. The van der Waals surface area contributed by atoms with Gasteiger partial charge in [0.15, 0.2) is 0 Å². The lowest BCUT2D eigenvalue weighted by Crippen LogP contribution is -2.35. The number of amides is 2. The topological polar surface area (TPSA) is 79.8 Å². The summed E-state index contributed by atoms with van der Waals surface area (Å²) < 4.78 is 0. The Labute approximate surface area is 162 Å². The molecule has 2 N–H and O–H groups in total. The van der Waals surface area contributed by atoms with Crippen LogP contribution in [-0.2, 0) is 13.1 Å². The first-order valence-electron chi connectivity index (χ1n) is 9.00. The molecular formula is C22H19N5O. The Balaban J connectivity index is 1.40. The van der Waals surface area contributed by atoms with Crippen molar-refractivity contribution in [3.05, 3.63) is 90.6 Å². The number of carbonyl (C=O) groups is 1. The summed E-state index contributed by atoms with van der Waals surface area (Å²) in [7, 11) is 0. The van der Waals surface area contributed by atoms with Gasteiger partial charge in [-0.15, -0.1) is 0 Å². The number of fused-ring (bicyclic) bond motifs is 1. The van der Waals surface area contributed by atoms with Gasteiger partial charge in [0.2, 0.25) is 0 Å². The van der Waals surface area contributed by atoms with Crippen molar-refractivity contribution in [1.82, 2.24) is 25.6 Å². The summed E-state index contributed by atoms with van der Waals surface area (Å²) in [5, 5.41) is 8.07. The molecule has 0 aliphatic carbocycles. The molecule has 0 aliphatic heterocycles. The Morgan fingerprint density at radius 1 is 0.786 bits per heavy atom. The zero-order valence-corrected chi connectivity index (χ0v) is 15.2. The van der Waals surface area contributed by atoms with Crippen LogP contribution in [0.25, 0.3) is 22.0 Å². The molecule has 28 heavy (non-hydrogen) atoms. The molecule has 2 aromatic heterocycles. The summed E-state index contributed by atoms with van der Waals surface area (Å²) in [6.07, 6.45) is 6.67. The van der Waals surface area contributed by atoms with Crippen LogP contribution >= 0.6 is 0 Å². The summed E-state index contributed by atoms with van der Waals surface area (Å²) in [6.45, 7) is 0.734. The average molecular weight is 369 g/mol. The van der Waals surface area contributed by atoms with Crippen molar-refractivity contribution in [2.75, 3.05) is 0 Å². The van der Waals surface area contributed by atoms with Crippen LogP contribution < -0.4 is 10.6 Å². The Morgan fingerprint density at radius 2 is 1.54 bits per heavy atom. The third kappa shape index (κ3) is 3.96. The van der Waals surface area contributed by atoms with Gasteiger partial charge in [0.05, 0.1) is 17.9 Å². The summed E-state index contributed by atoms with van der Waals surface area (Å²) in [6, 6.07) is 17.7. The first-order valence-corrected chi connectivity index (χ1v) is 9.00. The van der Waals surface area contributed by atoms with E-state index < -0.39 is 0 Å². The molecule has 138 valence electrons. The smallest absolute Gasteiger partial charge is 0.315 e. The number of urea groups is 1. The third-order valence-corrected chi connectivity index (χ3v) is 4.46. The fourth-order valence-electron chi connectivity index (χ4n) is 3.10. The maximum Gasteiger partial charge on any atom is 0.315 e. The molecule has 0 saturated heterocycles. The monoisotopic (exact) mass is 369 g/mol. The number of nitrogens with one attached hydrogen (secondary N) is 2. The van der Waals surface area contributed by atoms with E-state index in [4.69, 9.17) is 0 Å². The standard InChI is InChI=1S/C22H19N5O/c28-22(26-14-18-6-3-5-16-4-1-2-7-19(16)18)27-15-20-21(25-13-12-24-20)17-8-10-23-11-9-17/h1-13H,14-15H2,(H2,26,27,28). The first kappa shape index (κ1) is 17.6. The van der Waals surface area contributed by atoms with Gasteiger partial charge < -0.3 is 10.6 Å². The Bertz CT molecular complexity index is 1090. The van der Waals surface area contributed by atoms with Crippen molar-refractivity contribution in [3.63, 3.8) is 0 Å². The molecule has 0 saturated carbocycles. The van der Waals surface area contributed by atoms with Crippen LogP contribution in [0.4, 0.5) is 4.79 Å². The van der Waals surface area contributed by atoms with Gasteiger partial charge in [0, 0.05) is 36.9 Å². The highest BCUT2D eigenvalue weighted by atomic mass is 16.2. The quantitative estimate of drug-likeness (QED) is 0.562. The number of pyridine rings is 1. The van der Waals surface area contributed by atoms with Crippen LogP contribution in [0.1, 0.15) is 11.3 Å². The molecule has 0 aliphatic rings. The average Bonchev–Trinajstić information content (AvgIpc) is 2.77. The van der Waals surface area contributed by atoms with Crippen molar-refractivity contribution in [2.45, 2.75) is 13.1 Å². The summed E-state index contributed by atoms with van der Waals surface area (Å²) in [4.78, 5) is 25.1. The number of aromatic nitrogens is 3. The van der Waals surface area contributed by atoms with E-state index >= 15 is 0 Å². The highest BCUT2D eigenvalue weighted by Crippen LogP contribution is 2.19. The highest BCUT2D eigenvalue weighted by Gasteiger charge is 2.09. The van der Waals surface area contributed by atoms with Gasteiger partial charge in [-0.25, -0.2) is 4.79 Å². The van der Waals surface area contributed by atoms with Crippen LogP contribution in [0.3, 0.4) is 0 Å². The van der Waals surface area contributed by atoms with E-state index in [1.165, 1.54) is 0 Å². The van der Waals surface area contributed by atoms with E-state index in [0.717, 1.165) is 27.6 Å². The lowest BCUT2D eigenvalue weighted by Gasteiger charge is -2.11. The molecular weight excluding hydrogens is 350 g/mol. The number of benzene rings is 2. The Morgan fingerprint density at radius 3 is 2.43 bits per heavy atom. The van der Waals surface area contributed by atoms with Gasteiger partial charge in [-0.2, -0.15) is 0 Å². The zero-order valence-electron chi connectivity index (χ0n) is 15.2. The molecule has 0 unspecified atom stereocenters. The van der Waals surface area contributed by atoms with E-state index in [0.29, 0.717) is 12.2 Å². The van der Waals surface area contributed by atoms with E-state index in [2.05, 4.69) is 43.8 Å². The number of rotatable bonds is 5. The van der Waals surface area contributed by atoms with Crippen molar-refractivity contribution < 1.29 is 4.79 Å². The normalized spacial score (nSPS) is 10.6.